The van der Waals surface area contributed by atoms with Gasteiger partial charge >= 0.3 is 7.60 Å². The minimum atomic E-state index is -3.75. The quantitative estimate of drug-likeness (QED) is 0.441. The van der Waals surface area contributed by atoms with Crippen LogP contribution in [-0.4, -0.2) is 27.8 Å². The Morgan fingerprint density at radius 2 is 1.79 bits per heavy atom. The van der Waals surface area contributed by atoms with Gasteiger partial charge in [0.05, 0.1) is 23.8 Å². The third-order valence-corrected chi connectivity index (χ3v) is 5.40. The van der Waals surface area contributed by atoms with Gasteiger partial charge in [0.1, 0.15) is 0 Å². The molecule has 1 aromatic carbocycles. The monoisotopic (exact) mass is 354 g/mol. The van der Waals surface area contributed by atoms with Gasteiger partial charge in [-0.15, -0.1) is 0 Å². The van der Waals surface area contributed by atoms with Crippen LogP contribution in [0.1, 0.15) is 25.4 Å². The van der Waals surface area contributed by atoms with Gasteiger partial charge in [-0.2, -0.15) is 0 Å². The summed E-state index contributed by atoms with van der Waals surface area (Å²) in [5, 5.41) is 21.3. The number of nitro benzene ring substituents is 1. The minimum absolute atomic E-state index is 0.0395. The molecule has 2 rings (SSSR count). The van der Waals surface area contributed by atoms with Crippen molar-refractivity contribution in [2.75, 3.05) is 13.2 Å². The second-order valence-electron chi connectivity index (χ2n) is 4.83. The summed E-state index contributed by atoms with van der Waals surface area (Å²) in [7, 11) is -3.75. The zero-order valence-corrected chi connectivity index (χ0v) is 14.3. The van der Waals surface area contributed by atoms with Crippen molar-refractivity contribution in [3.63, 3.8) is 0 Å². The first kappa shape index (κ1) is 18.4. The van der Waals surface area contributed by atoms with Gasteiger partial charge in [0.15, 0.2) is 5.85 Å². The normalized spacial score (nSPS) is 13.0. The molecule has 9 heteroatoms. The summed E-state index contributed by atoms with van der Waals surface area (Å²) in [6.45, 7) is 3.58. The van der Waals surface area contributed by atoms with Gasteiger partial charge in [-0.1, -0.05) is 0 Å². The molecule has 1 heterocycles. The molecule has 2 aromatic rings. The number of rotatable bonds is 8. The first-order valence-electron chi connectivity index (χ1n) is 7.42. The summed E-state index contributed by atoms with van der Waals surface area (Å²) in [5.74, 6) is -1.47. The first-order chi connectivity index (χ1) is 11.4. The lowest BCUT2D eigenvalue weighted by Crippen LogP contribution is -2.10. The molecule has 8 nitrogen and oxygen atoms in total. The average molecular weight is 354 g/mol. The fourth-order valence-corrected chi connectivity index (χ4v) is 3.89. The lowest BCUT2D eigenvalue weighted by Gasteiger charge is -2.23. The van der Waals surface area contributed by atoms with E-state index in [0.717, 1.165) is 0 Å². The summed E-state index contributed by atoms with van der Waals surface area (Å²) < 4.78 is 24.7. The number of non-ortho nitro benzene ring substituents is 1. The zero-order chi connectivity index (χ0) is 17.7. The molecule has 1 aromatic heterocycles. The number of aliphatic hydroxyl groups excluding tert-OH is 1. The van der Waals surface area contributed by atoms with E-state index in [2.05, 4.69) is 0 Å². The molecule has 0 amide bonds. The molecule has 0 saturated heterocycles. The van der Waals surface area contributed by atoms with Crippen LogP contribution in [0.2, 0.25) is 0 Å². The van der Waals surface area contributed by atoms with Crippen LogP contribution < -0.4 is 0 Å². The van der Waals surface area contributed by atoms with E-state index in [1.165, 1.54) is 12.1 Å². The van der Waals surface area contributed by atoms with Gasteiger partial charge in [-0.05, 0) is 38.1 Å². The molecule has 1 N–H and O–H groups in total. The SMILES string of the molecule is CCOP(=O)(OCC)C(O)c1cccn1-c1ccc([N+](=O)[O-])cc1. The summed E-state index contributed by atoms with van der Waals surface area (Å²) in [6, 6.07) is 9.06. The Morgan fingerprint density at radius 3 is 2.29 bits per heavy atom. The van der Waals surface area contributed by atoms with E-state index in [1.807, 2.05) is 0 Å². The third kappa shape index (κ3) is 3.73. The lowest BCUT2D eigenvalue weighted by molar-refractivity contribution is -0.384. The molecule has 0 aliphatic rings. The van der Waals surface area contributed by atoms with Crippen LogP contribution in [0.4, 0.5) is 5.69 Å². The maximum atomic E-state index is 12.7. The Bertz CT molecular complexity index is 733. The molecule has 0 aliphatic carbocycles. The Hall–Kier alpha value is -1.99. The van der Waals surface area contributed by atoms with Crippen LogP contribution in [0.15, 0.2) is 42.6 Å². The van der Waals surface area contributed by atoms with Crippen molar-refractivity contribution < 1.29 is 23.6 Å². The number of aliphatic hydroxyl groups is 1. The lowest BCUT2D eigenvalue weighted by atomic mass is 10.3. The fourth-order valence-electron chi connectivity index (χ4n) is 2.27. The van der Waals surface area contributed by atoms with Crippen molar-refractivity contribution in [2.24, 2.45) is 0 Å². The van der Waals surface area contributed by atoms with Crippen LogP contribution in [0.3, 0.4) is 0 Å². The van der Waals surface area contributed by atoms with E-state index in [-0.39, 0.29) is 18.9 Å². The number of aromatic nitrogens is 1. The van der Waals surface area contributed by atoms with E-state index >= 15 is 0 Å². The predicted octanol–water partition coefficient (Wildman–Crippen LogP) is 3.64. The molecule has 0 aliphatic heterocycles. The standard InChI is InChI=1S/C15H19N2O6P/c1-3-22-24(21,23-4-2)15(18)14-6-5-11-16(14)12-7-9-13(10-8-12)17(19)20/h5-11,15,18H,3-4H2,1-2H3. The van der Waals surface area contributed by atoms with Gasteiger partial charge < -0.3 is 18.7 Å². The predicted molar refractivity (Wildman–Crippen MR) is 88.2 cm³/mol. The molecule has 0 radical (unpaired) electrons. The number of nitro groups is 1. The van der Waals surface area contributed by atoms with E-state index in [0.29, 0.717) is 11.4 Å². The van der Waals surface area contributed by atoms with Crippen molar-refractivity contribution in [3.05, 3.63) is 58.4 Å². The van der Waals surface area contributed by atoms with Gasteiger partial charge in [-0.25, -0.2) is 0 Å². The second-order valence-corrected chi connectivity index (χ2v) is 6.91. The van der Waals surface area contributed by atoms with Gasteiger partial charge in [0.25, 0.3) is 5.69 Å². The van der Waals surface area contributed by atoms with E-state index in [9.17, 15) is 19.8 Å². The van der Waals surface area contributed by atoms with Crippen LogP contribution in [0.5, 0.6) is 0 Å². The third-order valence-electron chi connectivity index (χ3n) is 3.30. The number of hydrogen-bond acceptors (Lipinski definition) is 6. The summed E-state index contributed by atoms with van der Waals surface area (Å²) >= 11 is 0. The molecule has 1 unspecified atom stereocenters. The van der Waals surface area contributed by atoms with Crippen LogP contribution in [-0.2, 0) is 13.6 Å². The molecule has 0 spiro atoms. The maximum Gasteiger partial charge on any atom is 0.364 e. The van der Waals surface area contributed by atoms with Gasteiger partial charge in [-0.3, -0.25) is 14.7 Å². The topological polar surface area (TPSA) is 104 Å². The highest BCUT2D eigenvalue weighted by molar-refractivity contribution is 7.54. The molecule has 130 valence electrons. The minimum Gasteiger partial charge on any atom is -0.375 e. The van der Waals surface area contributed by atoms with Crippen molar-refractivity contribution in [1.29, 1.82) is 0 Å². The van der Waals surface area contributed by atoms with Gasteiger partial charge in [0, 0.05) is 24.0 Å². The van der Waals surface area contributed by atoms with Crippen LogP contribution in [0.25, 0.3) is 5.69 Å². The summed E-state index contributed by atoms with van der Waals surface area (Å²) in [5.41, 5.74) is 0.857. The van der Waals surface area contributed by atoms with Crippen LogP contribution in [0, 0.1) is 10.1 Å². The smallest absolute Gasteiger partial charge is 0.364 e. The van der Waals surface area contributed by atoms with E-state index < -0.39 is 18.4 Å². The van der Waals surface area contributed by atoms with Crippen LogP contribution >= 0.6 is 7.60 Å². The Balaban J connectivity index is 2.38. The molecule has 0 fully saturated rings. The Kier molecular flexibility index (Phi) is 5.90. The summed E-state index contributed by atoms with van der Waals surface area (Å²) in [6.07, 6.45) is 1.65. The average Bonchev–Trinajstić information content (AvgIpc) is 3.04. The molecular formula is C15H19N2O6P. The van der Waals surface area contributed by atoms with E-state index in [4.69, 9.17) is 9.05 Å². The second kappa shape index (κ2) is 7.72. The molecule has 0 saturated carbocycles. The van der Waals surface area contributed by atoms with Gasteiger partial charge in [0.2, 0.25) is 0 Å². The molecule has 24 heavy (non-hydrogen) atoms. The van der Waals surface area contributed by atoms with Crippen molar-refractivity contribution >= 4 is 13.3 Å². The van der Waals surface area contributed by atoms with Crippen molar-refractivity contribution in [1.82, 2.24) is 4.57 Å². The highest BCUT2D eigenvalue weighted by Crippen LogP contribution is 2.59. The molecule has 0 bridgehead atoms. The maximum absolute atomic E-state index is 12.7. The highest BCUT2D eigenvalue weighted by Gasteiger charge is 2.37. The Labute approximate surface area is 139 Å². The zero-order valence-electron chi connectivity index (χ0n) is 13.4. The highest BCUT2D eigenvalue weighted by atomic mass is 31.2. The largest absolute Gasteiger partial charge is 0.375 e. The molecular weight excluding hydrogens is 335 g/mol. The summed E-state index contributed by atoms with van der Waals surface area (Å²) in [4.78, 5) is 10.2. The Morgan fingerprint density at radius 1 is 1.21 bits per heavy atom. The van der Waals surface area contributed by atoms with Crippen molar-refractivity contribution in [2.45, 2.75) is 19.7 Å². The first-order valence-corrected chi connectivity index (χ1v) is 9.03. The number of benzene rings is 1. The van der Waals surface area contributed by atoms with Crippen molar-refractivity contribution in [3.8, 4) is 5.69 Å². The molecule has 1 atom stereocenters. The number of nitrogens with zero attached hydrogens (tertiary/aromatic N) is 2. The number of hydrogen-bond donors (Lipinski definition) is 1. The van der Waals surface area contributed by atoms with E-state index in [1.54, 1.807) is 48.9 Å². The fraction of sp³-hybridized carbons (Fsp3) is 0.333.